The number of carbonyl (C=O) groups is 2. The summed E-state index contributed by atoms with van der Waals surface area (Å²) in [6.07, 6.45) is 3.39. The lowest BCUT2D eigenvalue weighted by Gasteiger charge is -2.36. The van der Waals surface area contributed by atoms with E-state index >= 15 is 0 Å². The summed E-state index contributed by atoms with van der Waals surface area (Å²) in [5, 5.41) is 2.91. The lowest BCUT2D eigenvalue weighted by Crippen LogP contribution is -2.44. The number of anilines is 1. The van der Waals surface area contributed by atoms with E-state index in [1.807, 2.05) is 29.2 Å². The number of nitrogens with one attached hydrogen (secondary N) is 1. The average molecular weight is 455 g/mol. The fourth-order valence-corrected chi connectivity index (χ4v) is 4.43. The SMILES string of the molecule is NC1CCC(N(Cc2ccc(NC(=O)N3CCOCC3)cc2)C(=O)c2cccc(F)c2)CC1. The molecular formula is C25H31FN4O3. The van der Waals surface area contributed by atoms with Gasteiger partial charge in [-0.05, 0) is 61.6 Å². The van der Waals surface area contributed by atoms with Crippen LogP contribution < -0.4 is 11.1 Å². The van der Waals surface area contributed by atoms with E-state index in [9.17, 15) is 14.0 Å². The zero-order chi connectivity index (χ0) is 23.2. The van der Waals surface area contributed by atoms with Crippen LogP contribution in [-0.2, 0) is 11.3 Å². The third kappa shape index (κ3) is 6.09. The molecule has 1 saturated carbocycles. The van der Waals surface area contributed by atoms with Crippen LogP contribution in [0, 0.1) is 5.82 Å². The molecule has 0 atom stereocenters. The van der Waals surface area contributed by atoms with E-state index in [0.29, 0.717) is 44.1 Å². The molecule has 0 radical (unpaired) electrons. The molecule has 2 fully saturated rings. The summed E-state index contributed by atoms with van der Waals surface area (Å²) in [4.78, 5) is 29.3. The molecule has 4 rings (SSSR count). The second-order valence-electron chi connectivity index (χ2n) is 8.74. The molecule has 3 amide bonds. The van der Waals surface area contributed by atoms with E-state index in [-0.39, 0.29) is 24.0 Å². The topological polar surface area (TPSA) is 87.9 Å². The zero-order valence-corrected chi connectivity index (χ0v) is 18.7. The number of rotatable bonds is 5. The zero-order valence-electron chi connectivity index (χ0n) is 18.7. The van der Waals surface area contributed by atoms with E-state index in [1.54, 1.807) is 17.0 Å². The van der Waals surface area contributed by atoms with Crippen LogP contribution in [0.2, 0.25) is 0 Å². The predicted molar refractivity (Wildman–Crippen MR) is 124 cm³/mol. The van der Waals surface area contributed by atoms with Gasteiger partial charge in [0.25, 0.3) is 5.91 Å². The minimum absolute atomic E-state index is 0.0567. The molecule has 1 aliphatic heterocycles. The molecule has 1 aliphatic carbocycles. The predicted octanol–water partition coefficient (Wildman–Crippen LogP) is 3.60. The molecule has 2 aromatic rings. The molecule has 2 aliphatic rings. The molecule has 1 saturated heterocycles. The summed E-state index contributed by atoms with van der Waals surface area (Å²) in [5.74, 6) is -0.605. The highest BCUT2D eigenvalue weighted by atomic mass is 19.1. The van der Waals surface area contributed by atoms with Gasteiger partial charge in [-0.25, -0.2) is 9.18 Å². The first-order valence-corrected chi connectivity index (χ1v) is 11.5. The second kappa shape index (κ2) is 10.8. The first-order valence-electron chi connectivity index (χ1n) is 11.5. The van der Waals surface area contributed by atoms with Crippen molar-refractivity contribution in [3.63, 3.8) is 0 Å². The van der Waals surface area contributed by atoms with Crippen LogP contribution in [0.25, 0.3) is 0 Å². The summed E-state index contributed by atoms with van der Waals surface area (Å²) >= 11 is 0. The maximum absolute atomic E-state index is 13.8. The monoisotopic (exact) mass is 454 g/mol. The van der Waals surface area contributed by atoms with Crippen LogP contribution in [0.4, 0.5) is 14.9 Å². The molecule has 7 nitrogen and oxygen atoms in total. The van der Waals surface area contributed by atoms with Crippen LogP contribution in [0.3, 0.4) is 0 Å². The standard InChI is InChI=1S/C25H31FN4O3/c26-20-3-1-2-19(16-20)24(31)30(23-10-6-21(27)7-11-23)17-18-4-8-22(9-5-18)28-25(32)29-12-14-33-15-13-29/h1-5,8-9,16,21,23H,6-7,10-15,17,27H2,(H,28,32). The molecule has 0 bridgehead atoms. The maximum Gasteiger partial charge on any atom is 0.321 e. The van der Waals surface area contributed by atoms with Gasteiger partial charge in [0.15, 0.2) is 0 Å². The van der Waals surface area contributed by atoms with E-state index in [1.165, 1.54) is 12.1 Å². The highest BCUT2D eigenvalue weighted by Gasteiger charge is 2.29. The largest absolute Gasteiger partial charge is 0.378 e. The first kappa shape index (κ1) is 23.2. The quantitative estimate of drug-likeness (QED) is 0.723. The van der Waals surface area contributed by atoms with Crippen LogP contribution in [-0.4, -0.2) is 60.1 Å². The van der Waals surface area contributed by atoms with Crippen molar-refractivity contribution in [2.75, 3.05) is 31.6 Å². The van der Waals surface area contributed by atoms with Crippen molar-refractivity contribution >= 4 is 17.6 Å². The lowest BCUT2D eigenvalue weighted by atomic mass is 9.90. The van der Waals surface area contributed by atoms with E-state index < -0.39 is 5.82 Å². The van der Waals surface area contributed by atoms with Gasteiger partial charge < -0.3 is 25.6 Å². The van der Waals surface area contributed by atoms with E-state index in [4.69, 9.17) is 10.5 Å². The maximum atomic E-state index is 13.8. The highest BCUT2D eigenvalue weighted by molar-refractivity contribution is 5.94. The molecule has 0 unspecified atom stereocenters. The molecule has 176 valence electrons. The Bertz CT molecular complexity index is 954. The van der Waals surface area contributed by atoms with Crippen molar-refractivity contribution in [3.8, 4) is 0 Å². The number of carbonyl (C=O) groups excluding carboxylic acids is 2. The number of benzene rings is 2. The van der Waals surface area contributed by atoms with Gasteiger partial charge in [0.1, 0.15) is 5.82 Å². The molecule has 3 N–H and O–H groups in total. The van der Waals surface area contributed by atoms with Gasteiger partial charge in [-0.3, -0.25) is 4.79 Å². The fourth-order valence-electron chi connectivity index (χ4n) is 4.43. The number of hydrogen-bond acceptors (Lipinski definition) is 4. The number of amides is 3. The average Bonchev–Trinajstić information content (AvgIpc) is 2.84. The van der Waals surface area contributed by atoms with Crippen LogP contribution in [0.15, 0.2) is 48.5 Å². The lowest BCUT2D eigenvalue weighted by molar-refractivity contribution is 0.0564. The number of morpholine rings is 1. The number of nitrogens with two attached hydrogens (primary N) is 1. The third-order valence-electron chi connectivity index (χ3n) is 6.37. The molecule has 8 heteroatoms. The van der Waals surface area contributed by atoms with Gasteiger partial charge in [0.2, 0.25) is 0 Å². The van der Waals surface area contributed by atoms with E-state index in [0.717, 1.165) is 31.2 Å². The Labute approximate surface area is 193 Å². The summed E-state index contributed by atoms with van der Waals surface area (Å²) in [6, 6.07) is 13.4. The number of ether oxygens (including phenoxy) is 1. The fraction of sp³-hybridized carbons (Fsp3) is 0.440. The Kier molecular flexibility index (Phi) is 7.57. The molecule has 0 aromatic heterocycles. The van der Waals surface area contributed by atoms with E-state index in [2.05, 4.69) is 5.32 Å². The van der Waals surface area contributed by atoms with Gasteiger partial charge in [0.05, 0.1) is 13.2 Å². The highest BCUT2D eigenvalue weighted by Crippen LogP contribution is 2.26. The van der Waals surface area contributed by atoms with Crippen LogP contribution >= 0.6 is 0 Å². The minimum Gasteiger partial charge on any atom is -0.378 e. The van der Waals surface area contributed by atoms with Gasteiger partial charge in [-0.1, -0.05) is 18.2 Å². The second-order valence-corrected chi connectivity index (χ2v) is 8.74. The smallest absolute Gasteiger partial charge is 0.321 e. The Morgan fingerprint density at radius 2 is 1.76 bits per heavy atom. The Balaban J connectivity index is 1.46. The number of nitrogens with zero attached hydrogens (tertiary/aromatic N) is 2. The third-order valence-corrected chi connectivity index (χ3v) is 6.37. The Morgan fingerprint density at radius 1 is 1.06 bits per heavy atom. The Morgan fingerprint density at radius 3 is 2.42 bits per heavy atom. The summed E-state index contributed by atoms with van der Waals surface area (Å²) in [6.45, 7) is 2.66. The molecule has 0 spiro atoms. The number of hydrogen-bond donors (Lipinski definition) is 2. The molecule has 2 aromatic carbocycles. The summed E-state index contributed by atoms with van der Waals surface area (Å²) < 4.78 is 19.0. The van der Waals surface area contributed by atoms with Gasteiger partial charge in [0, 0.05) is 43.0 Å². The molecular weight excluding hydrogens is 423 g/mol. The van der Waals surface area contributed by atoms with Crippen molar-refractivity contribution in [2.24, 2.45) is 5.73 Å². The van der Waals surface area contributed by atoms with Gasteiger partial charge >= 0.3 is 6.03 Å². The number of halogens is 1. The number of urea groups is 1. The van der Waals surface area contributed by atoms with Crippen molar-refractivity contribution < 1.29 is 18.7 Å². The summed E-state index contributed by atoms with van der Waals surface area (Å²) in [5.41, 5.74) is 8.06. The van der Waals surface area contributed by atoms with Crippen LogP contribution in [0.5, 0.6) is 0 Å². The van der Waals surface area contributed by atoms with Crippen molar-refractivity contribution in [1.82, 2.24) is 9.80 Å². The first-order chi connectivity index (χ1) is 16.0. The molecule has 1 heterocycles. The van der Waals surface area contributed by atoms with Crippen molar-refractivity contribution in [1.29, 1.82) is 0 Å². The summed E-state index contributed by atoms with van der Waals surface area (Å²) in [7, 11) is 0. The normalized spacial score (nSPS) is 20.8. The molecule has 33 heavy (non-hydrogen) atoms. The van der Waals surface area contributed by atoms with Crippen LogP contribution in [0.1, 0.15) is 41.6 Å². The van der Waals surface area contributed by atoms with Gasteiger partial charge in [-0.2, -0.15) is 0 Å². The van der Waals surface area contributed by atoms with Crippen molar-refractivity contribution in [2.45, 2.75) is 44.3 Å². The van der Waals surface area contributed by atoms with Gasteiger partial charge in [-0.15, -0.1) is 0 Å². The van der Waals surface area contributed by atoms with Crippen molar-refractivity contribution in [3.05, 3.63) is 65.5 Å². The Hall–Kier alpha value is -2.97. The minimum atomic E-state index is -0.424.